The quantitative estimate of drug-likeness (QED) is 0.271. The first-order chi connectivity index (χ1) is 8.70. The van der Waals surface area contributed by atoms with Crippen LogP contribution in [0.2, 0.25) is 0 Å². The fourth-order valence-electron chi connectivity index (χ4n) is 1.35. The molecule has 0 unspecified atom stereocenters. The Labute approximate surface area is 137 Å². The average molecular weight is 480 g/mol. The van der Waals surface area contributed by atoms with Crippen molar-refractivity contribution in [1.82, 2.24) is 10.6 Å². The number of carbonyl (C=O) groups is 2. The molecule has 6 heteroatoms. The molecule has 0 saturated carbocycles. The highest BCUT2D eigenvalue weighted by Crippen LogP contribution is 1.96. The Bertz CT molecular complexity index is 238. The molecule has 0 fully saturated rings. The molecule has 0 aliphatic rings. The van der Waals surface area contributed by atoms with Crippen LogP contribution in [0.5, 0.6) is 0 Å². The summed E-state index contributed by atoms with van der Waals surface area (Å²) in [5.74, 6) is 0.231. The standard InChI is InChI=1S/C12H22I2N2O2/c13-7-2-4-10-15-11(17)5-1-3-9-16-12(18)6-8-14/h1-10H2,(H,15,17)(H,16,18). The minimum atomic E-state index is 0.104. The van der Waals surface area contributed by atoms with Crippen LogP contribution in [0.25, 0.3) is 0 Å². The molecule has 0 atom stereocenters. The van der Waals surface area contributed by atoms with Gasteiger partial charge in [-0.15, -0.1) is 0 Å². The molecule has 0 aliphatic carbocycles. The molecule has 2 N–H and O–H groups in total. The molecule has 18 heavy (non-hydrogen) atoms. The second-order valence-electron chi connectivity index (χ2n) is 3.99. The van der Waals surface area contributed by atoms with E-state index in [2.05, 4.69) is 55.8 Å². The largest absolute Gasteiger partial charge is 0.356 e. The lowest BCUT2D eigenvalue weighted by molar-refractivity contribution is -0.121. The Hall–Kier alpha value is 0.400. The van der Waals surface area contributed by atoms with Crippen molar-refractivity contribution < 1.29 is 9.59 Å². The molecule has 0 aliphatic heterocycles. The molecule has 4 nitrogen and oxygen atoms in total. The van der Waals surface area contributed by atoms with Gasteiger partial charge in [0.05, 0.1) is 0 Å². The van der Waals surface area contributed by atoms with Gasteiger partial charge >= 0.3 is 0 Å². The Morgan fingerprint density at radius 1 is 0.722 bits per heavy atom. The Morgan fingerprint density at radius 3 is 1.83 bits per heavy atom. The maximum Gasteiger partial charge on any atom is 0.220 e. The maximum absolute atomic E-state index is 11.4. The van der Waals surface area contributed by atoms with Crippen LogP contribution in [0.4, 0.5) is 0 Å². The molecule has 0 heterocycles. The second-order valence-corrected chi connectivity index (χ2v) is 6.15. The highest BCUT2D eigenvalue weighted by Gasteiger charge is 2.01. The van der Waals surface area contributed by atoms with Gasteiger partial charge in [-0.25, -0.2) is 0 Å². The smallest absolute Gasteiger partial charge is 0.220 e. The van der Waals surface area contributed by atoms with E-state index >= 15 is 0 Å². The van der Waals surface area contributed by atoms with Crippen LogP contribution in [0, 0.1) is 0 Å². The van der Waals surface area contributed by atoms with Crippen molar-refractivity contribution in [2.75, 3.05) is 21.9 Å². The van der Waals surface area contributed by atoms with Gasteiger partial charge in [0.25, 0.3) is 0 Å². The summed E-state index contributed by atoms with van der Waals surface area (Å²) in [7, 11) is 0. The van der Waals surface area contributed by atoms with Gasteiger partial charge in [-0.05, 0) is 30.1 Å². The highest BCUT2D eigenvalue weighted by molar-refractivity contribution is 14.1. The predicted octanol–water partition coefficient (Wildman–Crippen LogP) is 2.43. The lowest BCUT2D eigenvalue weighted by Gasteiger charge is -2.05. The van der Waals surface area contributed by atoms with E-state index in [0.29, 0.717) is 19.4 Å². The van der Waals surface area contributed by atoms with E-state index in [1.165, 1.54) is 0 Å². The summed E-state index contributed by atoms with van der Waals surface area (Å²) in [6, 6.07) is 0. The molecule has 0 rings (SSSR count). The summed E-state index contributed by atoms with van der Waals surface area (Å²) in [4.78, 5) is 22.6. The molecule has 2 amide bonds. The summed E-state index contributed by atoms with van der Waals surface area (Å²) < 4.78 is 1.99. The number of hydrogen-bond donors (Lipinski definition) is 2. The summed E-state index contributed by atoms with van der Waals surface area (Å²) >= 11 is 4.52. The summed E-state index contributed by atoms with van der Waals surface area (Å²) in [6.45, 7) is 1.46. The molecular formula is C12H22I2N2O2. The topological polar surface area (TPSA) is 58.2 Å². The minimum absolute atomic E-state index is 0.104. The number of halogens is 2. The van der Waals surface area contributed by atoms with Crippen molar-refractivity contribution in [2.24, 2.45) is 0 Å². The molecule has 0 aromatic rings. The zero-order valence-electron chi connectivity index (χ0n) is 10.6. The Kier molecular flexibility index (Phi) is 14.1. The van der Waals surface area contributed by atoms with E-state index < -0.39 is 0 Å². The molecule has 0 spiro atoms. The number of alkyl halides is 2. The van der Waals surface area contributed by atoms with Gasteiger partial charge in [0.1, 0.15) is 0 Å². The fraction of sp³-hybridized carbons (Fsp3) is 0.833. The van der Waals surface area contributed by atoms with E-state index in [0.717, 1.165) is 41.1 Å². The van der Waals surface area contributed by atoms with Gasteiger partial charge in [0, 0.05) is 30.4 Å². The Balaban J connectivity index is 3.27. The van der Waals surface area contributed by atoms with Crippen LogP contribution >= 0.6 is 45.2 Å². The number of hydrogen-bond acceptors (Lipinski definition) is 2. The van der Waals surface area contributed by atoms with Crippen molar-refractivity contribution in [1.29, 1.82) is 0 Å². The monoisotopic (exact) mass is 480 g/mol. The number of rotatable bonds is 11. The van der Waals surface area contributed by atoms with E-state index in [1.807, 2.05) is 0 Å². The van der Waals surface area contributed by atoms with Crippen molar-refractivity contribution in [2.45, 2.75) is 38.5 Å². The first kappa shape index (κ1) is 18.4. The fourth-order valence-corrected chi connectivity index (χ4v) is 2.38. The van der Waals surface area contributed by atoms with Gasteiger partial charge in [-0.1, -0.05) is 45.2 Å². The lowest BCUT2D eigenvalue weighted by atomic mass is 10.2. The number of carbonyl (C=O) groups excluding carboxylic acids is 2. The van der Waals surface area contributed by atoms with Crippen LogP contribution in [-0.4, -0.2) is 33.8 Å². The maximum atomic E-state index is 11.4. The van der Waals surface area contributed by atoms with E-state index in [1.54, 1.807) is 0 Å². The number of unbranched alkanes of at least 4 members (excludes halogenated alkanes) is 2. The van der Waals surface area contributed by atoms with Crippen molar-refractivity contribution in [3.05, 3.63) is 0 Å². The van der Waals surface area contributed by atoms with Gasteiger partial charge in [0.15, 0.2) is 0 Å². The third-order valence-electron chi connectivity index (χ3n) is 2.36. The van der Waals surface area contributed by atoms with Crippen LogP contribution in [-0.2, 0) is 9.59 Å². The van der Waals surface area contributed by atoms with Crippen molar-refractivity contribution >= 4 is 57.0 Å². The van der Waals surface area contributed by atoms with Crippen LogP contribution in [0.3, 0.4) is 0 Å². The predicted molar refractivity (Wildman–Crippen MR) is 91.5 cm³/mol. The average Bonchev–Trinajstić information content (AvgIpc) is 2.34. The Morgan fingerprint density at radius 2 is 1.28 bits per heavy atom. The molecule has 0 saturated heterocycles. The first-order valence-corrected chi connectivity index (χ1v) is 9.41. The molecule has 0 bridgehead atoms. The SMILES string of the molecule is O=C(CCI)NCCCCC(=O)NCCCCI. The summed E-state index contributed by atoms with van der Waals surface area (Å²) in [5, 5.41) is 5.75. The van der Waals surface area contributed by atoms with Crippen LogP contribution in [0.15, 0.2) is 0 Å². The third-order valence-corrected chi connectivity index (χ3v) is 3.66. The van der Waals surface area contributed by atoms with Crippen molar-refractivity contribution in [3.63, 3.8) is 0 Å². The third kappa shape index (κ3) is 12.8. The van der Waals surface area contributed by atoms with E-state index in [9.17, 15) is 9.59 Å². The van der Waals surface area contributed by atoms with Crippen LogP contribution < -0.4 is 10.6 Å². The van der Waals surface area contributed by atoms with Crippen molar-refractivity contribution in [3.8, 4) is 0 Å². The van der Waals surface area contributed by atoms with Crippen LogP contribution in [0.1, 0.15) is 38.5 Å². The summed E-state index contributed by atoms with van der Waals surface area (Å²) in [5.41, 5.74) is 0. The van der Waals surface area contributed by atoms with Gasteiger partial charge in [-0.3, -0.25) is 9.59 Å². The zero-order valence-corrected chi connectivity index (χ0v) is 15.0. The van der Waals surface area contributed by atoms with E-state index in [4.69, 9.17) is 0 Å². The van der Waals surface area contributed by atoms with Gasteiger partial charge < -0.3 is 10.6 Å². The first-order valence-electron chi connectivity index (χ1n) is 6.36. The summed E-state index contributed by atoms with van der Waals surface area (Å²) in [6.07, 6.45) is 5.06. The molecule has 0 aromatic carbocycles. The molecule has 0 radical (unpaired) electrons. The zero-order chi connectivity index (χ0) is 13.6. The number of nitrogens with one attached hydrogen (secondary N) is 2. The van der Waals surface area contributed by atoms with E-state index in [-0.39, 0.29) is 11.8 Å². The highest BCUT2D eigenvalue weighted by atomic mass is 127. The normalized spacial score (nSPS) is 10.1. The molecule has 0 aromatic heterocycles. The minimum Gasteiger partial charge on any atom is -0.356 e. The van der Waals surface area contributed by atoms with Gasteiger partial charge in [0.2, 0.25) is 11.8 Å². The molecule has 106 valence electrons. The second kappa shape index (κ2) is 13.8. The number of amides is 2. The van der Waals surface area contributed by atoms with Gasteiger partial charge in [-0.2, -0.15) is 0 Å². The lowest BCUT2D eigenvalue weighted by Crippen LogP contribution is -2.26. The molecular weight excluding hydrogens is 458 g/mol.